The van der Waals surface area contributed by atoms with Gasteiger partial charge in [-0.15, -0.1) is 0 Å². The van der Waals surface area contributed by atoms with Gasteiger partial charge in [0.25, 0.3) is 0 Å². The van der Waals surface area contributed by atoms with Crippen LogP contribution in [0.25, 0.3) is 11.1 Å². The van der Waals surface area contributed by atoms with Gasteiger partial charge in [0.05, 0.1) is 0 Å². The molecule has 34 heavy (non-hydrogen) atoms. The Kier molecular flexibility index (Phi) is 7.50. The van der Waals surface area contributed by atoms with Gasteiger partial charge in [0.2, 0.25) is 5.91 Å². The molecule has 1 saturated heterocycles. The van der Waals surface area contributed by atoms with E-state index in [1.54, 1.807) is 0 Å². The first-order chi connectivity index (χ1) is 16.5. The first-order valence-corrected chi connectivity index (χ1v) is 12.1. The Morgan fingerprint density at radius 3 is 2.32 bits per heavy atom. The number of aliphatic carboxylic acids is 1. The third-order valence-corrected chi connectivity index (χ3v) is 6.83. The van der Waals surface area contributed by atoms with E-state index in [4.69, 9.17) is 4.74 Å². The Hall–Kier alpha value is -3.35. The highest BCUT2D eigenvalue weighted by Gasteiger charge is 2.33. The quantitative estimate of drug-likeness (QED) is 0.598. The van der Waals surface area contributed by atoms with Crippen LogP contribution in [0.2, 0.25) is 0 Å². The molecule has 0 bridgehead atoms. The summed E-state index contributed by atoms with van der Waals surface area (Å²) in [5, 5.41) is 12.3. The van der Waals surface area contributed by atoms with Gasteiger partial charge in [-0.3, -0.25) is 4.79 Å². The second-order valence-electron chi connectivity index (χ2n) is 9.10. The summed E-state index contributed by atoms with van der Waals surface area (Å²) in [7, 11) is 0. The third-order valence-electron chi connectivity index (χ3n) is 6.83. The molecule has 1 heterocycles. The van der Waals surface area contributed by atoms with Crippen LogP contribution in [-0.4, -0.2) is 53.2 Å². The van der Waals surface area contributed by atoms with Crippen LogP contribution < -0.4 is 5.32 Å². The minimum Gasteiger partial charge on any atom is -0.480 e. The van der Waals surface area contributed by atoms with Crippen LogP contribution in [0, 0.1) is 0 Å². The summed E-state index contributed by atoms with van der Waals surface area (Å²) in [6, 6.07) is 15.1. The average Bonchev–Trinajstić information content (AvgIpc) is 3.16. The van der Waals surface area contributed by atoms with Crippen molar-refractivity contribution < 1.29 is 24.2 Å². The Balaban J connectivity index is 1.37. The first-order valence-electron chi connectivity index (χ1n) is 12.1. The lowest BCUT2D eigenvalue weighted by Gasteiger charge is -2.34. The van der Waals surface area contributed by atoms with E-state index in [-0.39, 0.29) is 24.9 Å². The molecule has 2 aromatic rings. The Morgan fingerprint density at radius 2 is 1.71 bits per heavy atom. The zero-order valence-electron chi connectivity index (χ0n) is 19.5. The van der Waals surface area contributed by atoms with Crippen LogP contribution in [0.4, 0.5) is 4.79 Å². The number of hydrogen-bond donors (Lipinski definition) is 2. The summed E-state index contributed by atoms with van der Waals surface area (Å²) in [6.45, 7) is 2.64. The van der Waals surface area contributed by atoms with Crippen molar-refractivity contribution in [1.29, 1.82) is 0 Å². The molecule has 1 aliphatic heterocycles. The number of carbonyl (C=O) groups is 3. The number of nitrogens with one attached hydrogen (secondary N) is 1. The second kappa shape index (κ2) is 10.7. The van der Waals surface area contributed by atoms with Gasteiger partial charge >= 0.3 is 12.1 Å². The number of benzene rings is 2. The zero-order valence-corrected chi connectivity index (χ0v) is 19.5. The molecule has 2 aromatic carbocycles. The van der Waals surface area contributed by atoms with Crippen LogP contribution in [-0.2, 0) is 14.3 Å². The summed E-state index contributed by atoms with van der Waals surface area (Å²) < 4.78 is 5.63. The normalized spacial score (nSPS) is 18.0. The van der Waals surface area contributed by atoms with Gasteiger partial charge in [0.15, 0.2) is 0 Å². The fraction of sp³-hybridized carbons (Fsp3) is 0.444. The highest BCUT2D eigenvalue weighted by atomic mass is 16.5. The number of nitrogens with zero attached hydrogens (tertiary/aromatic N) is 1. The van der Waals surface area contributed by atoms with E-state index in [1.165, 1.54) is 4.90 Å². The summed E-state index contributed by atoms with van der Waals surface area (Å²) in [6.07, 6.45) is 2.99. The Bertz CT molecular complexity index is 1010. The smallest absolute Gasteiger partial charge is 0.407 e. The van der Waals surface area contributed by atoms with Crippen molar-refractivity contribution in [3.63, 3.8) is 0 Å². The molecule has 1 fully saturated rings. The molecule has 2 aliphatic rings. The van der Waals surface area contributed by atoms with Crippen LogP contribution in [0.5, 0.6) is 0 Å². The lowest BCUT2D eigenvalue weighted by molar-refractivity contribution is -0.152. The molecule has 7 nitrogen and oxygen atoms in total. The number of alkyl carbamates (subject to hydrolysis) is 1. The molecule has 2 atom stereocenters. The number of likely N-dealkylation sites (tertiary alicyclic amines) is 1. The van der Waals surface area contributed by atoms with Crippen LogP contribution in [0.3, 0.4) is 0 Å². The van der Waals surface area contributed by atoms with Crippen molar-refractivity contribution in [1.82, 2.24) is 10.2 Å². The van der Waals surface area contributed by atoms with Gasteiger partial charge in [0.1, 0.15) is 12.6 Å². The second-order valence-corrected chi connectivity index (χ2v) is 9.10. The topological polar surface area (TPSA) is 95.9 Å². The number of ether oxygens (including phenoxy) is 1. The highest BCUT2D eigenvalue weighted by Crippen LogP contribution is 2.44. The van der Waals surface area contributed by atoms with Crippen LogP contribution in [0.15, 0.2) is 48.5 Å². The van der Waals surface area contributed by atoms with E-state index >= 15 is 0 Å². The molecule has 0 saturated carbocycles. The molecular weight excluding hydrogens is 432 g/mol. The van der Waals surface area contributed by atoms with Gasteiger partial charge in [-0.1, -0.05) is 61.9 Å². The number of hydrogen-bond acceptors (Lipinski definition) is 4. The molecular formula is C27H32N2O5. The number of rotatable bonds is 8. The number of amides is 2. The van der Waals surface area contributed by atoms with Gasteiger partial charge in [0, 0.05) is 24.9 Å². The SMILES string of the molecule is CCCC(CC(=O)N1CCCCC1C(=O)O)NC(=O)OCC1c2ccccc2-c2ccccc21. The van der Waals surface area contributed by atoms with Crippen molar-refractivity contribution >= 4 is 18.0 Å². The van der Waals surface area contributed by atoms with E-state index in [1.807, 2.05) is 31.2 Å². The minimum atomic E-state index is -0.968. The van der Waals surface area contributed by atoms with Crippen molar-refractivity contribution in [3.8, 4) is 11.1 Å². The molecule has 0 spiro atoms. The molecule has 2 N–H and O–H groups in total. The number of carboxylic acid groups (broad SMARTS) is 1. The number of carboxylic acids is 1. The summed E-state index contributed by atoms with van der Waals surface area (Å²) in [5.41, 5.74) is 4.61. The Labute approximate surface area is 200 Å². The lowest BCUT2D eigenvalue weighted by atomic mass is 9.98. The molecule has 7 heteroatoms. The van der Waals surface area contributed by atoms with Gasteiger partial charge in [-0.05, 0) is 47.9 Å². The summed E-state index contributed by atoms with van der Waals surface area (Å²) >= 11 is 0. The number of carbonyl (C=O) groups excluding carboxylic acids is 2. The maximum Gasteiger partial charge on any atom is 0.407 e. The molecule has 0 aromatic heterocycles. The largest absolute Gasteiger partial charge is 0.480 e. The molecule has 180 valence electrons. The molecule has 2 unspecified atom stereocenters. The third kappa shape index (κ3) is 5.08. The predicted octanol–water partition coefficient (Wildman–Crippen LogP) is 4.55. The predicted molar refractivity (Wildman–Crippen MR) is 129 cm³/mol. The van der Waals surface area contributed by atoms with Gasteiger partial charge in [-0.25, -0.2) is 9.59 Å². The molecule has 1 aliphatic carbocycles. The van der Waals surface area contributed by atoms with Crippen molar-refractivity contribution in [3.05, 3.63) is 59.7 Å². The van der Waals surface area contributed by atoms with E-state index in [2.05, 4.69) is 29.6 Å². The zero-order chi connectivity index (χ0) is 24.1. The maximum atomic E-state index is 12.9. The van der Waals surface area contributed by atoms with Crippen molar-refractivity contribution in [2.75, 3.05) is 13.2 Å². The number of piperidine rings is 1. The monoisotopic (exact) mass is 464 g/mol. The van der Waals surface area contributed by atoms with Gasteiger partial charge in [-0.2, -0.15) is 0 Å². The number of fused-ring (bicyclic) bond motifs is 3. The minimum absolute atomic E-state index is 0.0333. The first kappa shape index (κ1) is 23.8. The van der Waals surface area contributed by atoms with E-state index in [0.29, 0.717) is 19.4 Å². The van der Waals surface area contributed by atoms with E-state index in [9.17, 15) is 19.5 Å². The molecule has 4 rings (SSSR count). The fourth-order valence-electron chi connectivity index (χ4n) is 5.20. The highest BCUT2D eigenvalue weighted by molar-refractivity contribution is 5.84. The maximum absolute atomic E-state index is 12.9. The van der Waals surface area contributed by atoms with Crippen LogP contribution >= 0.6 is 0 Å². The Morgan fingerprint density at radius 1 is 1.06 bits per heavy atom. The van der Waals surface area contributed by atoms with Crippen LogP contribution in [0.1, 0.15) is 62.5 Å². The van der Waals surface area contributed by atoms with Crippen molar-refractivity contribution in [2.45, 2.75) is 63.5 Å². The molecule has 2 amide bonds. The van der Waals surface area contributed by atoms with E-state index in [0.717, 1.165) is 41.5 Å². The lowest BCUT2D eigenvalue weighted by Crippen LogP contribution is -2.50. The van der Waals surface area contributed by atoms with E-state index < -0.39 is 24.1 Å². The summed E-state index contributed by atoms with van der Waals surface area (Å²) in [5.74, 6) is -1.23. The molecule has 0 radical (unpaired) electrons. The fourth-order valence-corrected chi connectivity index (χ4v) is 5.20. The summed E-state index contributed by atoms with van der Waals surface area (Å²) in [4.78, 5) is 38.6. The van der Waals surface area contributed by atoms with Crippen molar-refractivity contribution in [2.24, 2.45) is 0 Å². The standard InChI is InChI=1S/C27H32N2O5/c1-2-9-18(16-25(30)29-15-8-7-14-24(29)26(31)32)28-27(33)34-17-23-21-12-5-3-10-19(21)20-11-4-6-13-22(20)23/h3-6,10-13,18,23-24H,2,7-9,14-17H2,1H3,(H,28,33)(H,31,32). The average molecular weight is 465 g/mol. The van der Waals surface area contributed by atoms with Gasteiger partial charge < -0.3 is 20.1 Å².